The van der Waals surface area contributed by atoms with Crippen molar-refractivity contribution in [3.63, 3.8) is 0 Å². The molecule has 13 heavy (non-hydrogen) atoms. The van der Waals surface area contributed by atoms with Crippen LogP contribution in [0.1, 0.15) is 0 Å². The number of hydrogen-bond donors (Lipinski definition) is 0. The number of ether oxygens (including phenoxy) is 1. The van der Waals surface area contributed by atoms with Gasteiger partial charge in [-0.2, -0.15) is 0 Å². The van der Waals surface area contributed by atoms with Crippen molar-refractivity contribution in [2.24, 2.45) is 0 Å². The second-order valence-electron chi connectivity index (χ2n) is 2.68. The van der Waals surface area contributed by atoms with Crippen LogP contribution in [0.15, 0.2) is 35.1 Å². The zero-order valence-corrected chi connectivity index (χ0v) is 8.71. The number of aromatic nitrogens is 1. The number of methoxy groups -OCH3 is 1. The summed E-state index contributed by atoms with van der Waals surface area (Å²) >= 11 is 3.45. The molecule has 0 spiro atoms. The summed E-state index contributed by atoms with van der Waals surface area (Å²) in [6.07, 6.45) is 3.59. The fraction of sp³-hybridized carbons (Fsp3) is 0.100. The Balaban J connectivity index is 2.87. The van der Waals surface area contributed by atoms with E-state index >= 15 is 0 Å². The Hall–Kier alpha value is -1.09. The molecule has 2 nitrogen and oxygen atoms in total. The van der Waals surface area contributed by atoms with Crippen molar-refractivity contribution in [1.29, 1.82) is 0 Å². The van der Waals surface area contributed by atoms with Gasteiger partial charge in [0.1, 0.15) is 5.75 Å². The molecule has 0 aliphatic heterocycles. The summed E-state index contributed by atoms with van der Waals surface area (Å²) in [7, 11) is 1.67. The van der Waals surface area contributed by atoms with Crippen molar-refractivity contribution >= 4 is 26.7 Å². The summed E-state index contributed by atoms with van der Waals surface area (Å²) in [5, 5.41) is 2.15. The van der Waals surface area contributed by atoms with Crippen LogP contribution in [-0.2, 0) is 0 Å². The van der Waals surface area contributed by atoms with Gasteiger partial charge in [-0.3, -0.25) is 4.98 Å². The van der Waals surface area contributed by atoms with E-state index in [9.17, 15) is 0 Å². The fourth-order valence-electron chi connectivity index (χ4n) is 1.33. The highest BCUT2D eigenvalue weighted by Gasteiger charge is 2.03. The summed E-state index contributed by atoms with van der Waals surface area (Å²) in [6, 6.07) is 5.90. The van der Waals surface area contributed by atoms with Gasteiger partial charge in [0.25, 0.3) is 0 Å². The summed E-state index contributed by atoms with van der Waals surface area (Å²) in [4.78, 5) is 4.09. The second kappa shape index (κ2) is 3.34. The zero-order chi connectivity index (χ0) is 9.26. The average molecular weight is 238 g/mol. The molecule has 2 rings (SSSR count). The van der Waals surface area contributed by atoms with Gasteiger partial charge in [0.15, 0.2) is 0 Å². The summed E-state index contributed by atoms with van der Waals surface area (Å²) in [5.74, 6) is 0.867. The SMILES string of the molecule is COc1cccc2cncc(Br)c12. The van der Waals surface area contributed by atoms with Gasteiger partial charge in [0.2, 0.25) is 0 Å². The number of rotatable bonds is 1. The highest BCUT2D eigenvalue weighted by molar-refractivity contribution is 9.10. The molecular formula is C10H8BrNO. The monoisotopic (exact) mass is 237 g/mol. The maximum absolute atomic E-state index is 5.25. The molecule has 0 fully saturated rings. The second-order valence-corrected chi connectivity index (χ2v) is 3.53. The van der Waals surface area contributed by atoms with Gasteiger partial charge in [-0.1, -0.05) is 12.1 Å². The lowest BCUT2D eigenvalue weighted by molar-refractivity contribution is 0.419. The standard InChI is InChI=1S/C10H8BrNO/c1-13-9-4-2-3-7-5-12-6-8(11)10(7)9/h2-6H,1H3. The first-order chi connectivity index (χ1) is 6.33. The van der Waals surface area contributed by atoms with E-state index in [0.717, 1.165) is 21.0 Å². The molecule has 0 aliphatic carbocycles. The van der Waals surface area contributed by atoms with Crippen LogP contribution in [0.25, 0.3) is 10.8 Å². The van der Waals surface area contributed by atoms with Crippen molar-refractivity contribution in [3.05, 3.63) is 35.1 Å². The van der Waals surface area contributed by atoms with Crippen LogP contribution in [0.4, 0.5) is 0 Å². The van der Waals surface area contributed by atoms with Gasteiger partial charge < -0.3 is 4.74 Å². The topological polar surface area (TPSA) is 22.1 Å². The maximum Gasteiger partial charge on any atom is 0.127 e. The largest absolute Gasteiger partial charge is 0.496 e. The first-order valence-corrected chi connectivity index (χ1v) is 4.68. The smallest absolute Gasteiger partial charge is 0.127 e. The molecule has 2 aromatic rings. The van der Waals surface area contributed by atoms with Gasteiger partial charge in [-0.05, 0) is 22.0 Å². The normalized spacial score (nSPS) is 10.3. The highest BCUT2D eigenvalue weighted by atomic mass is 79.9. The molecule has 0 amide bonds. The van der Waals surface area contributed by atoms with E-state index in [2.05, 4.69) is 20.9 Å². The molecule has 0 saturated carbocycles. The van der Waals surface area contributed by atoms with Crippen LogP contribution in [0, 0.1) is 0 Å². The minimum absolute atomic E-state index is 0.867. The number of hydrogen-bond acceptors (Lipinski definition) is 2. The Morgan fingerprint density at radius 2 is 2.15 bits per heavy atom. The summed E-state index contributed by atoms with van der Waals surface area (Å²) in [6.45, 7) is 0. The van der Waals surface area contributed by atoms with Crippen molar-refractivity contribution < 1.29 is 4.74 Å². The van der Waals surface area contributed by atoms with E-state index in [1.807, 2.05) is 24.4 Å². The first-order valence-electron chi connectivity index (χ1n) is 3.89. The minimum atomic E-state index is 0.867. The summed E-state index contributed by atoms with van der Waals surface area (Å²) in [5.41, 5.74) is 0. The molecule has 0 aliphatic rings. The van der Waals surface area contributed by atoms with Crippen molar-refractivity contribution in [2.45, 2.75) is 0 Å². The lowest BCUT2D eigenvalue weighted by Crippen LogP contribution is -1.86. The van der Waals surface area contributed by atoms with Crippen molar-refractivity contribution in [2.75, 3.05) is 7.11 Å². The van der Waals surface area contributed by atoms with Gasteiger partial charge in [0.05, 0.1) is 7.11 Å². The zero-order valence-electron chi connectivity index (χ0n) is 7.12. The number of benzene rings is 1. The average Bonchev–Trinajstić information content (AvgIpc) is 2.17. The van der Waals surface area contributed by atoms with Gasteiger partial charge in [0, 0.05) is 27.6 Å². The van der Waals surface area contributed by atoms with E-state index in [1.165, 1.54) is 0 Å². The lowest BCUT2D eigenvalue weighted by Gasteiger charge is -2.05. The molecule has 0 N–H and O–H groups in total. The number of halogens is 1. The lowest BCUT2D eigenvalue weighted by atomic mass is 10.1. The molecule has 3 heteroatoms. The predicted octanol–water partition coefficient (Wildman–Crippen LogP) is 3.01. The van der Waals surface area contributed by atoms with Gasteiger partial charge in [-0.25, -0.2) is 0 Å². The van der Waals surface area contributed by atoms with Crippen LogP contribution < -0.4 is 4.74 Å². The van der Waals surface area contributed by atoms with Crippen LogP contribution in [-0.4, -0.2) is 12.1 Å². The van der Waals surface area contributed by atoms with E-state index in [0.29, 0.717) is 0 Å². The summed E-state index contributed by atoms with van der Waals surface area (Å²) < 4.78 is 6.21. The highest BCUT2D eigenvalue weighted by Crippen LogP contribution is 2.30. The molecule has 1 aromatic heterocycles. The maximum atomic E-state index is 5.25. The van der Waals surface area contributed by atoms with Crippen LogP contribution in [0.3, 0.4) is 0 Å². The Morgan fingerprint density at radius 1 is 1.31 bits per heavy atom. The van der Waals surface area contributed by atoms with Crippen LogP contribution in [0.5, 0.6) is 5.75 Å². The first kappa shape index (κ1) is 8.51. The Bertz CT molecular complexity index is 437. The Morgan fingerprint density at radius 3 is 2.92 bits per heavy atom. The van der Waals surface area contributed by atoms with E-state index in [-0.39, 0.29) is 0 Å². The third kappa shape index (κ3) is 1.40. The molecular weight excluding hydrogens is 230 g/mol. The molecule has 0 unspecified atom stereocenters. The van der Waals surface area contributed by atoms with Crippen molar-refractivity contribution in [3.8, 4) is 5.75 Å². The molecule has 66 valence electrons. The Kier molecular flexibility index (Phi) is 2.19. The molecule has 1 aromatic carbocycles. The molecule has 0 saturated heterocycles. The molecule has 0 atom stereocenters. The minimum Gasteiger partial charge on any atom is -0.496 e. The third-order valence-corrected chi connectivity index (χ3v) is 2.52. The van der Waals surface area contributed by atoms with Crippen LogP contribution >= 0.6 is 15.9 Å². The van der Waals surface area contributed by atoms with E-state index in [4.69, 9.17) is 4.74 Å². The van der Waals surface area contributed by atoms with E-state index < -0.39 is 0 Å². The van der Waals surface area contributed by atoms with Gasteiger partial charge >= 0.3 is 0 Å². The third-order valence-electron chi connectivity index (χ3n) is 1.92. The quantitative estimate of drug-likeness (QED) is 0.761. The Labute approximate surface area is 84.7 Å². The molecule has 0 radical (unpaired) electrons. The van der Waals surface area contributed by atoms with Gasteiger partial charge in [-0.15, -0.1) is 0 Å². The van der Waals surface area contributed by atoms with E-state index in [1.54, 1.807) is 13.3 Å². The van der Waals surface area contributed by atoms with Crippen LogP contribution in [0.2, 0.25) is 0 Å². The number of pyridine rings is 1. The molecule has 0 bridgehead atoms. The molecule has 1 heterocycles. The number of nitrogens with zero attached hydrogens (tertiary/aromatic N) is 1. The number of fused-ring (bicyclic) bond motifs is 1. The van der Waals surface area contributed by atoms with Crippen molar-refractivity contribution in [1.82, 2.24) is 4.98 Å². The predicted molar refractivity (Wildman–Crippen MR) is 56.0 cm³/mol. The fourth-order valence-corrected chi connectivity index (χ4v) is 1.87.